The van der Waals surface area contributed by atoms with Crippen LogP contribution >= 0.6 is 0 Å². The number of piperazine rings is 1. The van der Waals surface area contributed by atoms with Crippen LogP contribution in [0.15, 0.2) is 72.8 Å². The summed E-state index contributed by atoms with van der Waals surface area (Å²) in [5.74, 6) is 0. The van der Waals surface area contributed by atoms with Crippen LogP contribution in [0.4, 0.5) is 17.1 Å². The van der Waals surface area contributed by atoms with Crippen molar-refractivity contribution < 1.29 is 4.92 Å². The Hall–Kier alpha value is -3.38. The van der Waals surface area contributed by atoms with Gasteiger partial charge in [0, 0.05) is 37.9 Å². The van der Waals surface area contributed by atoms with Gasteiger partial charge >= 0.3 is 0 Å². The molecule has 1 heterocycles. The lowest BCUT2D eigenvalue weighted by molar-refractivity contribution is -0.384. The molecular weight excluding hydrogens is 388 g/mol. The third-order valence-corrected chi connectivity index (χ3v) is 5.89. The molecule has 0 amide bonds. The second kappa shape index (κ2) is 9.18. The normalized spacial score (nSPS) is 15.5. The molecule has 6 nitrogen and oxygen atoms in total. The number of nitro groups is 1. The van der Waals surface area contributed by atoms with E-state index in [0.29, 0.717) is 5.69 Å². The van der Waals surface area contributed by atoms with Gasteiger partial charge < -0.3 is 15.1 Å². The molecule has 1 aliphatic rings. The topological polar surface area (TPSA) is 61.6 Å². The van der Waals surface area contributed by atoms with Crippen LogP contribution in [-0.4, -0.2) is 43.0 Å². The molecule has 0 aliphatic carbocycles. The number of nitro benzene ring substituents is 1. The van der Waals surface area contributed by atoms with Gasteiger partial charge in [0.05, 0.1) is 11.0 Å². The summed E-state index contributed by atoms with van der Waals surface area (Å²) >= 11 is 0. The summed E-state index contributed by atoms with van der Waals surface area (Å²) in [5, 5.41) is 15.3. The zero-order chi connectivity index (χ0) is 21.8. The third-order valence-electron chi connectivity index (χ3n) is 5.89. The minimum absolute atomic E-state index is 0.0888. The van der Waals surface area contributed by atoms with Crippen LogP contribution in [0.5, 0.6) is 0 Å². The van der Waals surface area contributed by atoms with Gasteiger partial charge in [-0.15, -0.1) is 0 Å². The number of hydrogen-bond donors (Lipinski definition) is 1. The van der Waals surface area contributed by atoms with Gasteiger partial charge in [-0.3, -0.25) is 10.1 Å². The van der Waals surface area contributed by atoms with E-state index in [0.717, 1.165) is 43.0 Å². The van der Waals surface area contributed by atoms with Gasteiger partial charge in [-0.05, 0) is 37.2 Å². The summed E-state index contributed by atoms with van der Waals surface area (Å²) in [7, 11) is 2.12. The molecule has 1 saturated heterocycles. The predicted molar refractivity (Wildman–Crippen MR) is 126 cm³/mol. The molecule has 0 spiro atoms. The summed E-state index contributed by atoms with van der Waals surface area (Å²) in [4.78, 5) is 16.1. The number of nitrogens with zero attached hydrogens (tertiary/aromatic N) is 3. The molecule has 0 bridgehead atoms. The van der Waals surface area contributed by atoms with Crippen LogP contribution in [0.1, 0.15) is 22.7 Å². The number of hydrogen-bond acceptors (Lipinski definition) is 5. The Balaban J connectivity index is 1.72. The second-order valence-electron chi connectivity index (χ2n) is 8.15. The maximum Gasteiger partial charge on any atom is 0.292 e. The minimum Gasteiger partial charge on any atom is -0.369 e. The van der Waals surface area contributed by atoms with Gasteiger partial charge in [-0.1, -0.05) is 60.2 Å². The highest BCUT2D eigenvalue weighted by molar-refractivity contribution is 5.70. The van der Waals surface area contributed by atoms with Gasteiger partial charge in [0.2, 0.25) is 0 Å². The third kappa shape index (κ3) is 4.86. The van der Waals surface area contributed by atoms with Crippen molar-refractivity contribution in [2.75, 3.05) is 43.4 Å². The van der Waals surface area contributed by atoms with Gasteiger partial charge in [0.15, 0.2) is 0 Å². The molecule has 4 rings (SSSR count). The predicted octanol–water partition coefficient (Wildman–Crippen LogP) is 4.86. The van der Waals surface area contributed by atoms with E-state index in [1.165, 1.54) is 5.56 Å². The lowest BCUT2D eigenvalue weighted by Gasteiger charge is -2.34. The van der Waals surface area contributed by atoms with E-state index in [2.05, 4.69) is 53.4 Å². The number of likely N-dealkylation sites (N-methyl/N-ethyl adjacent to an activating group) is 1. The maximum atomic E-state index is 11.8. The number of aryl methyl sites for hydroxylation is 1. The molecule has 1 N–H and O–H groups in total. The zero-order valence-corrected chi connectivity index (χ0v) is 18.0. The Morgan fingerprint density at radius 3 is 2.19 bits per heavy atom. The Labute approximate surface area is 183 Å². The van der Waals surface area contributed by atoms with Gasteiger partial charge in [0.1, 0.15) is 5.69 Å². The van der Waals surface area contributed by atoms with E-state index in [4.69, 9.17) is 0 Å². The van der Waals surface area contributed by atoms with E-state index in [1.807, 2.05) is 42.5 Å². The lowest BCUT2D eigenvalue weighted by Crippen LogP contribution is -2.44. The monoisotopic (exact) mass is 416 g/mol. The Bertz CT molecular complexity index is 1030. The van der Waals surface area contributed by atoms with Crippen molar-refractivity contribution in [2.45, 2.75) is 13.0 Å². The highest BCUT2D eigenvalue weighted by Crippen LogP contribution is 2.35. The van der Waals surface area contributed by atoms with E-state index in [9.17, 15) is 10.1 Å². The molecule has 1 atom stereocenters. The highest BCUT2D eigenvalue weighted by Gasteiger charge is 2.22. The fourth-order valence-electron chi connectivity index (χ4n) is 3.98. The van der Waals surface area contributed by atoms with Crippen LogP contribution in [-0.2, 0) is 0 Å². The molecule has 3 aromatic rings. The molecule has 1 unspecified atom stereocenters. The maximum absolute atomic E-state index is 11.8. The standard InChI is InChI=1S/C25H28N4O2/c1-19-8-10-21(11-9-19)25(20-6-4-3-5-7-20)26-23-18-22(12-13-24(23)29(30)31)28-16-14-27(2)15-17-28/h3-13,18,25-26H,14-17H2,1-2H3. The lowest BCUT2D eigenvalue weighted by atomic mass is 9.97. The van der Waals surface area contributed by atoms with Crippen molar-refractivity contribution in [3.8, 4) is 0 Å². The second-order valence-corrected chi connectivity index (χ2v) is 8.15. The first kappa shape index (κ1) is 20.9. The zero-order valence-electron chi connectivity index (χ0n) is 18.0. The molecule has 0 aromatic heterocycles. The smallest absolute Gasteiger partial charge is 0.292 e. The van der Waals surface area contributed by atoms with E-state index < -0.39 is 0 Å². The van der Waals surface area contributed by atoms with Crippen LogP contribution < -0.4 is 10.2 Å². The molecule has 0 saturated carbocycles. The molecule has 1 fully saturated rings. The molecule has 160 valence electrons. The quantitative estimate of drug-likeness (QED) is 0.459. The van der Waals surface area contributed by atoms with Gasteiger partial charge in [-0.2, -0.15) is 0 Å². The molecule has 6 heteroatoms. The van der Waals surface area contributed by atoms with Crippen LogP contribution in [0.25, 0.3) is 0 Å². The summed E-state index contributed by atoms with van der Waals surface area (Å²) < 4.78 is 0. The first-order valence-corrected chi connectivity index (χ1v) is 10.6. The SMILES string of the molecule is Cc1ccc(C(Nc2cc(N3CCN(C)CC3)ccc2[N+](=O)[O-])c2ccccc2)cc1. The fraction of sp³-hybridized carbons (Fsp3) is 0.280. The summed E-state index contributed by atoms with van der Waals surface area (Å²) in [6.45, 7) is 5.84. The van der Waals surface area contributed by atoms with Crippen molar-refractivity contribution in [1.29, 1.82) is 0 Å². The summed E-state index contributed by atoms with van der Waals surface area (Å²) in [5.41, 5.74) is 4.94. The van der Waals surface area contributed by atoms with Crippen molar-refractivity contribution in [1.82, 2.24) is 4.90 Å². The Morgan fingerprint density at radius 2 is 1.55 bits per heavy atom. The molecule has 0 radical (unpaired) electrons. The van der Waals surface area contributed by atoms with E-state index in [1.54, 1.807) is 6.07 Å². The summed E-state index contributed by atoms with van der Waals surface area (Å²) in [6.07, 6.45) is 0. The van der Waals surface area contributed by atoms with Crippen molar-refractivity contribution in [2.24, 2.45) is 0 Å². The van der Waals surface area contributed by atoms with E-state index in [-0.39, 0.29) is 16.7 Å². The van der Waals surface area contributed by atoms with Crippen molar-refractivity contribution >= 4 is 17.1 Å². The summed E-state index contributed by atoms with van der Waals surface area (Å²) in [6, 6.07) is 23.6. The minimum atomic E-state index is -0.312. The van der Waals surface area contributed by atoms with Crippen molar-refractivity contribution in [3.63, 3.8) is 0 Å². The average molecular weight is 417 g/mol. The number of benzene rings is 3. The van der Waals surface area contributed by atoms with Crippen LogP contribution in [0.2, 0.25) is 0 Å². The van der Waals surface area contributed by atoms with Crippen LogP contribution in [0, 0.1) is 17.0 Å². The first-order valence-electron chi connectivity index (χ1n) is 10.6. The number of nitrogens with one attached hydrogen (secondary N) is 1. The Morgan fingerprint density at radius 1 is 0.903 bits per heavy atom. The average Bonchev–Trinajstić information content (AvgIpc) is 2.79. The number of anilines is 2. The largest absolute Gasteiger partial charge is 0.369 e. The molecule has 3 aromatic carbocycles. The van der Waals surface area contributed by atoms with Crippen molar-refractivity contribution in [3.05, 3.63) is 99.6 Å². The molecular formula is C25H28N4O2. The van der Waals surface area contributed by atoms with E-state index >= 15 is 0 Å². The Kier molecular flexibility index (Phi) is 6.18. The first-order chi connectivity index (χ1) is 15.0. The van der Waals surface area contributed by atoms with Gasteiger partial charge in [0.25, 0.3) is 5.69 Å². The van der Waals surface area contributed by atoms with Crippen LogP contribution in [0.3, 0.4) is 0 Å². The van der Waals surface area contributed by atoms with Gasteiger partial charge in [-0.25, -0.2) is 0 Å². The molecule has 31 heavy (non-hydrogen) atoms. The highest BCUT2D eigenvalue weighted by atomic mass is 16.6. The number of rotatable bonds is 6. The molecule has 1 aliphatic heterocycles. The fourth-order valence-corrected chi connectivity index (χ4v) is 3.98.